The first-order valence-electron chi connectivity index (χ1n) is 7.03. The first kappa shape index (κ1) is 15.5. The molecule has 3 N–H and O–H groups in total. The fraction of sp³-hybridized carbons (Fsp3) is 0.118. The third-order valence-corrected chi connectivity index (χ3v) is 3.93. The number of H-pyrrole nitrogens is 1. The van der Waals surface area contributed by atoms with Gasteiger partial charge in [-0.3, -0.25) is 4.79 Å². The van der Waals surface area contributed by atoms with Gasteiger partial charge in [-0.1, -0.05) is 23.7 Å². The van der Waals surface area contributed by atoms with Crippen LogP contribution in [0.15, 0.2) is 48.7 Å². The zero-order valence-corrected chi connectivity index (χ0v) is 12.8. The van der Waals surface area contributed by atoms with Gasteiger partial charge in [-0.05, 0) is 35.9 Å². The van der Waals surface area contributed by atoms with Gasteiger partial charge in [0.05, 0.1) is 11.1 Å². The second-order valence-corrected chi connectivity index (χ2v) is 5.55. The molecule has 0 aliphatic heterocycles. The summed E-state index contributed by atoms with van der Waals surface area (Å²) in [5.41, 5.74) is 1.73. The summed E-state index contributed by atoms with van der Waals surface area (Å²) < 4.78 is 13.4. The molecule has 2 aromatic carbocycles. The molecular formula is C17H14ClFN2O2. The first-order valence-corrected chi connectivity index (χ1v) is 7.41. The molecule has 1 aromatic heterocycles. The van der Waals surface area contributed by atoms with Crippen molar-refractivity contribution in [2.45, 2.75) is 6.10 Å². The molecule has 0 aliphatic rings. The summed E-state index contributed by atoms with van der Waals surface area (Å²) in [6.07, 6.45) is 0.739. The average Bonchev–Trinajstić information content (AvgIpc) is 3.03. The SMILES string of the molecule is O=C(NCC(O)c1ccc(Cl)c(F)c1)c1cccc2[nH]ccc12. The number of fused-ring (bicyclic) bond motifs is 1. The van der Waals surface area contributed by atoms with Crippen LogP contribution in [0.2, 0.25) is 5.02 Å². The van der Waals surface area contributed by atoms with Gasteiger partial charge in [0, 0.05) is 29.2 Å². The van der Waals surface area contributed by atoms with Crippen LogP contribution in [-0.2, 0) is 0 Å². The van der Waals surface area contributed by atoms with Gasteiger partial charge in [0.25, 0.3) is 5.91 Å². The van der Waals surface area contributed by atoms with Crippen LogP contribution >= 0.6 is 11.6 Å². The van der Waals surface area contributed by atoms with E-state index in [1.807, 2.05) is 12.1 Å². The predicted octanol–water partition coefficient (Wildman–Crippen LogP) is 3.42. The van der Waals surface area contributed by atoms with Crippen molar-refractivity contribution < 1.29 is 14.3 Å². The van der Waals surface area contributed by atoms with Crippen molar-refractivity contribution >= 4 is 28.4 Å². The number of aliphatic hydroxyl groups is 1. The van der Waals surface area contributed by atoms with Crippen LogP contribution in [0.5, 0.6) is 0 Å². The number of aliphatic hydroxyl groups excluding tert-OH is 1. The summed E-state index contributed by atoms with van der Waals surface area (Å²) in [4.78, 5) is 15.3. The zero-order valence-electron chi connectivity index (χ0n) is 12.0. The Bertz CT molecular complexity index is 863. The summed E-state index contributed by atoms with van der Waals surface area (Å²) in [7, 11) is 0. The second-order valence-electron chi connectivity index (χ2n) is 5.14. The van der Waals surface area contributed by atoms with Crippen LogP contribution < -0.4 is 5.32 Å². The summed E-state index contributed by atoms with van der Waals surface area (Å²) in [6, 6.07) is 11.2. The van der Waals surface area contributed by atoms with Gasteiger partial charge in [-0.25, -0.2) is 4.39 Å². The van der Waals surface area contributed by atoms with Crippen LogP contribution in [0, 0.1) is 5.82 Å². The Morgan fingerprint density at radius 3 is 2.91 bits per heavy atom. The van der Waals surface area contributed by atoms with Crippen molar-refractivity contribution in [1.29, 1.82) is 0 Å². The molecule has 0 aliphatic carbocycles. The lowest BCUT2D eigenvalue weighted by atomic mass is 10.1. The molecule has 0 spiro atoms. The Balaban J connectivity index is 1.71. The van der Waals surface area contributed by atoms with Crippen molar-refractivity contribution in [3.63, 3.8) is 0 Å². The number of hydrogen-bond donors (Lipinski definition) is 3. The number of amides is 1. The lowest BCUT2D eigenvalue weighted by Crippen LogP contribution is -2.28. The number of carbonyl (C=O) groups excluding carboxylic acids is 1. The first-order chi connectivity index (χ1) is 11.1. The number of aromatic nitrogens is 1. The van der Waals surface area contributed by atoms with Crippen molar-refractivity contribution in [2.75, 3.05) is 6.54 Å². The van der Waals surface area contributed by atoms with E-state index in [0.717, 1.165) is 17.0 Å². The molecule has 118 valence electrons. The topological polar surface area (TPSA) is 65.1 Å². The summed E-state index contributed by atoms with van der Waals surface area (Å²) in [5, 5.41) is 13.5. The maximum atomic E-state index is 13.4. The molecule has 0 fully saturated rings. The van der Waals surface area contributed by atoms with E-state index in [1.54, 1.807) is 18.3 Å². The molecule has 3 aromatic rings. The molecule has 0 saturated heterocycles. The van der Waals surface area contributed by atoms with Gasteiger partial charge in [0.15, 0.2) is 0 Å². The molecule has 23 heavy (non-hydrogen) atoms. The Morgan fingerprint density at radius 2 is 2.13 bits per heavy atom. The third kappa shape index (κ3) is 3.21. The number of halogens is 2. The highest BCUT2D eigenvalue weighted by Gasteiger charge is 2.14. The highest BCUT2D eigenvalue weighted by Crippen LogP contribution is 2.21. The molecule has 0 radical (unpaired) electrons. The Hall–Kier alpha value is -2.37. The van der Waals surface area contributed by atoms with Gasteiger partial charge < -0.3 is 15.4 Å². The number of hydrogen-bond acceptors (Lipinski definition) is 2. The molecule has 4 nitrogen and oxygen atoms in total. The van der Waals surface area contributed by atoms with E-state index in [2.05, 4.69) is 10.3 Å². The second kappa shape index (κ2) is 6.40. The van der Waals surface area contributed by atoms with Crippen LogP contribution in [0.3, 0.4) is 0 Å². The van der Waals surface area contributed by atoms with E-state index in [1.165, 1.54) is 12.1 Å². The zero-order chi connectivity index (χ0) is 16.4. The van der Waals surface area contributed by atoms with Crippen LogP contribution in [0.1, 0.15) is 22.0 Å². The number of carbonyl (C=O) groups is 1. The minimum absolute atomic E-state index is 0.0101. The van der Waals surface area contributed by atoms with E-state index in [4.69, 9.17) is 11.6 Å². The molecule has 3 rings (SSSR count). The maximum Gasteiger partial charge on any atom is 0.252 e. The van der Waals surface area contributed by atoms with Gasteiger partial charge in [0.1, 0.15) is 5.82 Å². The van der Waals surface area contributed by atoms with E-state index in [0.29, 0.717) is 11.1 Å². The normalized spacial score (nSPS) is 12.3. The van der Waals surface area contributed by atoms with E-state index >= 15 is 0 Å². The molecule has 1 atom stereocenters. The molecule has 0 saturated carbocycles. The summed E-state index contributed by atoms with van der Waals surface area (Å²) >= 11 is 5.61. The van der Waals surface area contributed by atoms with Crippen LogP contribution in [0.4, 0.5) is 4.39 Å². The quantitative estimate of drug-likeness (QED) is 0.685. The Kier molecular flexibility index (Phi) is 4.32. The van der Waals surface area contributed by atoms with Crippen LogP contribution in [0.25, 0.3) is 10.9 Å². The largest absolute Gasteiger partial charge is 0.387 e. The van der Waals surface area contributed by atoms with Gasteiger partial charge in [0.2, 0.25) is 0 Å². The predicted molar refractivity (Wildman–Crippen MR) is 87.0 cm³/mol. The number of nitrogens with one attached hydrogen (secondary N) is 2. The van der Waals surface area contributed by atoms with Crippen molar-refractivity contribution in [2.24, 2.45) is 0 Å². The number of rotatable bonds is 4. The molecular weight excluding hydrogens is 319 g/mol. The highest BCUT2D eigenvalue weighted by molar-refractivity contribution is 6.30. The lowest BCUT2D eigenvalue weighted by molar-refractivity contribution is 0.0918. The molecule has 1 unspecified atom stereocenters. The molecule has 1 amide bonds. The minimum Gasteiger partial charge on any atom is -0.387 e. The lowest BCUT2D eigenvalue weighted by Gasteiger charge is -2.13. The monoisotopic (exact) mass is 332 g/mol. The highest BCUT2D eigenvalue weighted by atomic mass is 35.5. The smallest absolute Gasteiger partial charge is 0.252 e. The van der Waals surface area contributed by atoms with Gasteiger partial charge in [-0.2, -0.15) is 0 Å². The van der Waals surface area contributed by atoms with E-state index < -0.39 is 11.9 Å². The van der Waals surface area contributed by atoms with Crippen LogP contribution in [-0.4, -0.2) is 22.5 Å². The standard InChI is InChI=1S/C17H14ClFN2O2/c18-13-5-4-10(8-14(13)19)16(22)9-21-17(23)12-2-1-3-15-11(12)6-7-20-15/h1-8,16,20,22H,9H2,(H,21,23). The number of benzene rings is 2. The minimum atomic E-state index is -1.02. The van der Waals surface area contributed by atoms with Gasteiger partial charge in [-0.15, -0.1) is 0 Å². The Morgan fingerprint density at radius 1 is 1.30 bits per heavy atom. The summed E-state index contributed by atoms with van der Waals surface area (Å²) in [5.74, 6) is -0.907. The fourth-order valence-electron chi connectivity index (χ4n) is 2.41. The van der Waals surface area contributed by atoms with E-state index in [-0.39, 0.29) is 17.5 Å². The fourth-order valence-corrected chi connectivity index (χ4v) is 2.52. The molecule has 0 bridgehead atoms. The summed E-state index contributed by atoms with van der Waals surface area (Å²) in [6.45, 7) is -0.0271. The van der Waals surface area contributed by atoms with Crippen molar-refractivity contribution in [3.05, 3.63) is 70.6 Å². The average molecular weight is 333 g/mol. The van der Waals surface area contributed by atoms with Gasteiger partial charge >= 0.3 is 0 Å². The Labute approximate surface area is 136 Å². The van der Waals surface area contributed by atoms with Crippen molar-refractivity contribution in [1.82, 2.24) is 10.3 Å². The number of aromatic amines is 1. The maximum absolute atomic E-state index is 13.4. The molecule has 6 heteroatoms. The van der Waals surface area contributed by atoms with E-state index in [9.17, 15) is 14.3 Å². The molecule has 1 heterocycles. The third-order valence-electron chi connectivity index (χ3n) is 3.62. The van der Waals surface area contributed by atoms with Crippen molar-refractivity contribution in [3.8, 4) is 0 Å².